The summed E-state index contributed by atoms with van der Waals surface area (Å²) in [4.78, 5) is 0. The molecule has 0 saturated heterocycles. The molecule has 1 N–H and O–H groups in total. The van der Waals surface area contributed by atoms with Crippen LogP contribution in [-0.2, 0) is 0 Å². The Bertz CT molecular complexity index is 494. The minimum Gasteiger partial charge on any atom is -0.309 e. The van der Waals surface area contributed by atoms with Crippen molar-refractivity contribution in [3.8, 4) is 0 Å². The second kappa shape index (κ2) is 5.06. The number of hydrogen-bond acceptors (Lipinski definition) is 3. The van der Waals surface area contributed by atoms with Gasteiger partial charge < -0.3 is 5.32 Å². The molecule has 0 spiro atoms. The molecule has 0 radical (unpaired) electrons. The highest BCUT2D eigenvalue weighted by molar-refractivity contribution is 5.39. The summed E-state index contributed by atoms with van der Waals surface area (Å²) in [6.07, 6.45) is 3.54. The van der Waals surface area contributed by atoms with Crippen LogP contribution >= 0.6 is 0 Å². The van der Waals surface area contributed by atoms with Crippen LogP contribution < -0.4 is 5.32 Å². The molecule has 3 heteroatoms. The van der Waals surface area contributed by atoms with E-state index in [9.17, 15) is 0 Å². The fourth-order valence-electron chi connectivity index (χ4n) is 2.06. The molecule has 1 aromatic heterocycles. The lowest BCUT2D eigenvalue weighted by Crippen LogP contribution is -2.19. The summed E-state index contributed by atoms with van der Waals surface area (Å²) in [7, 11) is 1.97. The minimum atomic E-state index is 0.172. The first-order valence-electron chi connectivity index (χ1n) is 5.74. The highest BCUT2D eigenvalue weighted by Gasteiger charge is 2.14. The SMILES string of the molecule is CNC(c1ccnnc1)c1cccc(C)c1C. The van der Waals surface area contributed by atoms with Crippen molar-refractivity contribution >= 4 is 0 Å². The van der Waals surface area contributed by atoms with E-state index in [0.717, 1.165) is 5.56 Å². The van der Waals surface area contributed by atoms with Crippen LogP contribution in [0.1, 0.15) is 28.3 Å². The largest absolute Gasteiger partial charge is 0.309 e. The van der Waals surface area contributed by atoms with E-state index in [1.54, 1.807) is 6.20 Å². The van der Waals surface area contributed by atoms with Crippen molar-refractivity contribution in [1.82, 2.24) is 15.5 Å². The third-order valence-electron chi connectivity index (χ3n) is 3.19. The van der Waals surface area contributed by atoms with Crippen LogP contribution in [0.2, 0.25) is 0 Å². The van der Waals surface area contributed by atoms with Gasteiger partial charge in [-0.15, -0.1) is 0 Å². The minimum absolute atomic E-state index is 0.172. The molecule has 1 aromatic carbocycles. The monoisotopic (exact) mass is 227 g/mol. The predicted octanol–water partition coefficient (Wildman–Crippen LogP) is 2.40. The van der Waals surface area contributed by atoms with Crippen molar-refractivity contribution in [3.05, 3.63) is 58.9 Å². The van der Waals surface area contributed by atoms with E-state index in [1.165, 1.54) is 16.7 Å². The van der Waals surface area contributed by atoms with E-state index in [-0.39, 0.29) is 6.04 Å². The lowest BCUT2D eigenvalue weighted by molar-refractivity contribution is 0.680. The molecule has 1 unspecified atom stereocenters. The molecule has 0 amide bonds. The lowest BCUT2D eigenvalue weighted by atomic mass is 9.94. The van der Waals surface area contributed by atoms with Gasteiger partial charge in [0.25, 0.3) is 0 Å². The molecule has 1 atom stereocenters. The summed E-state index contributed by atoms with van der Waals surface area (Å²) in [5.74, 6) is 0. The maximum absolute atomic E-state index is 3.94. The predicted molar refractivity (Wildman–Crippen MR) is 68.9 cm³/mol. The summed E-state index contributed by atoms with van der Waals surface area (Å²) < 4.78 is 0. The number of hydrogen-bond donors (Lipinski definition) is 1. The van der Waals surface area contributed by atoms with Gasteiger partial charge in [0.15, 0.2) is 0 Å². The fourth-order valence-corrected chi connectivity index (χ4v) is 2.06. The quantitative estimate of drug-likeness (QED) is 0.875. The first kappa shape index (κ1) is 11.7. The van der Waals surface area contributed by atoms with Crippen LogP contribution in [0.5, 0.6) is 0 Å². The van der Waals surface area contributed by atoms with Gasteiger partial charge in [-0.05, 0) is 49.2 Å². The second-order valence-electron chi connectivity index (χ2n) is 4.19. The van der Waals surface area contributed by atoms with Gasteiger partial charge in [0, 0.05) is 6.20 Å². The molecule has 0 aliphatic heterocycles. The van der Waals surface area contributed by atoms with Crippen molar-refractivity contribution in [2.45, 2.75) is 19.9 Å². The Kier molecular flexibility index (Phi) is 3.49. The first-order chi connectivity index (χ1) is 8.24. The number of rotatable bonds is 3. The van der Waals surface area contributed by atoms with Gasteiger partial charge in [-0.3, -0.25) is 0 Å². The van der Waals surface area contributed by atoms with Gasteiger partial charge in [0.05, 0.1) is 12.2 Å². The Morgan fingerprint density at radius 1 is 1.12 bits per heavy atom. The molecule has 1 heterocycles. The first-order valence-corrected chi connectivity index (χ1v) is 5.74. The van der Waals surface area contributed by atoms with Gasteiger partial charge in [0.2, 0.25) is 0 Å². The summed E-state index contributed by atoms with van der Waals surface area (Å²) in [6, 6.07) is 8.55. The fraction of sp³-hybridized carbons (Fsp3) is 0.286. The number of aromatic nitrogens is 2. The zero-order valence-electron chi connectivity index (χ0n) is 10.4. The normalized spacial score (nSPS) is 12.4. The molecule has 3 nitrogen and oxygen atoms in total. The summed E-state index contributed by atoms with van der Waals surface area (Å²) in [5, 5.41) is 11.1. The molecule has 0 aliphatic rings. The summed E-state index contributed by atoms with van der Waals surface area (Å²) >= 11 is 0. The van der Waals surface area contributed by atoms with Gasteiger partial charge >= 0.3 is 0 Å². The van der Waals surface area contributed by atoms with Crippen LogP contribution in [0.15, 0.2) is 36.7 Å². The maximum atomic E-state index is 3.94. The average Bonchev–Trinajstić information content (AvgIpc) is 2.37. The third-order valence-corrected chi connectivity index (χ3v) is 3.19. The van der Waals surface area contributed by atoms with Crippen molar-refractivity contribution < 1.29 is 0 Å². The Hall–Kier alpha value is -1.74. The Balaban J connectivity index is 2.46. The molecule has 0 aliphatic carbocycles. The van der Waals surface area contributed by atoms with Crippen LogP contribution in [0, 0.1) is 13.8 Å². The van der Waals surface area contributed by atoms with Gasteiger partial charge in [0.1, 0.15) is 0 Å². The molecule has 88 valence electrons. The second-order valence-corrected chi connectivity index (χ2v) is 4.19. The zero-order chi connectivity index (χ0) is 12.3. The smallest absolute Gasteiger partial charge is 0.0593 e. The number of benzene rings is 1. The number of nitrogens with one attached hydrogen (secondary N) is 1. The average molecular weight is 227 g/mol. The zero-order valence-corrected chi connectivity index (χ0v) is 10.4. The van der Waals surface area contributed by atoms with E-state index >= 15 is 0 Å². The summed E-state index contributed by atoms with van der Waals surface area (Å²) in [5.41, 5.74) is 5.06. The van der Waals surface area contributed by atoms with Gasteiger partial charge in [-0.25, -0.2) is 0 Å². The molecule has 0 fully saturated rings. The van der Waals surface area contributed by atoms with Crippen molar-refractivity contribution in [1.29, 1.82) is 0 Å². The Morgan fingerprint density at radius 2 is 1.94 bits per heavy atom. The molecular formula is C14H17N3. The number of nitrogens with zero attached hydrogens (tertiary/aromatic N) is 2. The topological polar surface area (TPSA) is 37.8 Å². The van der Waals surface area contributed by atoms with Crippen LogP contribution in [-0.4, -0.2) is 17.2 Å². The third kappa shape index (κ3) is 2.34. The van der Waals surface area contributed by atoms with E-state index in [0.29, 0.717) is 0 Å². The summed E-state index contributed by atoms with van der Waals surface area (Å²) in [6.45, 7) is 4.29. The highest BCUT2D eigenvalue weighted by atomic mass is 15.1. The Morgan fingerprint density at radius 3 is 2.59 bits per heavy atom. The standard InChI is InChI=1S/C14H17N3/c1-10-5-4-6-13(11(10)2)14(15-3)12-7-8-16-17-9-12/h4-9,14-15H,1-3H3. The molecule has 2 aromatic rings. The number of aryl methyl sites for hydroxylation is 1. The van der Waals surface area contributed by atoms with Gasteiger partial charge in [-0.1, -0.05) is 18.2 Å². The van der Waals surface area contributed by atoms with E-state index < -0.39 is 0 Å². The van der Waals surface area contributed by atoms with Gasteiger partial charge in [-0.2, -0.15) is 10.2 Å². The van der Waals surface area contributed by atoms with Crippen molar-refractivity contribution in [3.63, 3.8) is 0 Å². The van der Waals surface area contributed by atoms with E-state index in [1.807, 2.05) is 19.3 Å². The molecular weight excluding hydrogens is 210 g/mol. The van der Waals surface area contributed by atoms with Crippen molar-refractivity contribution in [2.75, 3.05) is 7.05 Å². The molecule has 2 rings (SSSR count). The maximum Gasteiger partial charge on any atom is 0.0593 e. The van der Waals surface area contributed by atoms with E-state index in [2.05, 4.69) is 47.6 Å². The molecule has 0 saturated carbocycles. The molecule has 0 bridgehead atoms. The van der Waals surface area contributed by atoms with E-state index in [4.69, 9.17) is 0 Å². The van der Waals surface area contributed by atoms with Crippen LogP contribution in [0.3, 0.4) is 0 Å². The van der Waals surface area contributed by atoms with Crippen molar-refractivity contribution in [2.24, 2.45) is 0 Å². The lowest BCUT2D eigenvalue weighted by Gasteiger charge is -2.19. The van der Waals surface area contributed by atoms with Crippen LogP contribution in [0.25, 0.3) is 0 Å². The Labute approximate surface area is 102 Å². The highest BCUT2D eigenvalue weighted by Crippen LogP contribution is 2.25. The molecule has 17 heavy (non-hydrogen) atoms. The van der Waals surface area contributed by atoms with Crippen LogP contribution in [0.4, 0.5) is 0 Å².